The Morgan fingerprint density at radius 1 is 1.40 bits per heavy atom. The Balaban J connectivity index is 2.22. The van der Waals surface area contributed by atoms with Crippen LogP contribution in [0.3, 0.4) is 0 Å². The molecule has 0 radical (unpaired) electrons. The van der Waals surface area contributed by atoms with E-state index in [1.54, 1.807) is 18.2 Å². The summed E-state index contributed by atoms with van der Waals surface area (Å²) in [6.07, 6.45) is 4.37. The number of anilines is 2. The van der Waals surface area contributed by atoms with Crippen LogP contribution in [0.5, 0.6) is 0 Å². The van der Waals surface area contributed by atoms with Crippen LogP contribution in [0.25, 0.3) is 0 Å². The maximum atomic E-state index is 11.2. The third-order valence-corrected chi connectivity index (χ3v) is 2.43. The van der Waals surface area contributed by atoms with Gasteiger partial charge in [0.2, 0.25) is 11.6 Å². The SMILES string of the molecule is C=CCNc1ncnc(NCc2ccco2)c1[N+](=O)[O-]. The van der Waals surface area contributed by atoms with Crippen LogP contribution in [-0.4, -0.2) is 21.4 Å². The lowest BCUT2D eigenvalue weighted by Crippen LogP contribution is -2.09. The zero-order valence-corrected chi connectivity index (χ0v) is 10.6. The summed E-state index contributed by atoms with van der Waals surface area (Å²) in [5, 5.41) is 16.8. The summed E-state index contributed by atoms with van der Waals surface area (Å²) in [6.45, 7) is 4.21. The summed E-state index contributed by atoms with van der Waals surface area (Å²) in [7, 11) is 0. The van der Waals surface area contributed by atoms with Crippen molar-refractivity contribution >= 4 is 17.3 Å². The first-order chi connectivity index (χ1) is 9.72. The average molecular weight is 275 g/mol. The topological polar surface area (TPSA) is 106 Å². The van der Waals surface area contributed by atoms with Gasteiger partial charge < -0.3 is 15.1 Å². The molecule has 0 unspecified atom stereocenters. The van der Waals surface area contributed by atoms with Crippen LogP contribution < -0.4 is 10.6 Å². The van der Waals surface area contributed by atoms with Gasteiger partial charge in [-0.05, 0) is 12.1 Å². The number of aromatic nitrogens is 2. The van der Waals surface area contributed by atoms with Crippen molar-refractivity contribution in [2.75, 3.05) is 17.2 Å². The van der Waals surface area contributed by atoms with E-state index < -0.39 is 4.92 Å². The summed E-state index contributed by atoms with van der Waals surface area (Å²) in [6, 6.07) is 3.50. The van der Waals surface area contributed by atoms with E-state index >= 15 is 0 Å². The molecule has 0 aromatic carbocycles. The number of nitrogens with zero attached hydrogens (tertiary/aromatic N) is 3. The average Bonchev–Trinajstić information content (AvgIpc) is 2.95. The summed E-state index contributed by atoms with van der Waals surface area (Å²) in [5.41, 5.74) is -0.207. The Bertz CT molecular complexity index is 597. The second-order valence-electron chi connectivity index (χ2n) is 3.78. The van der Waals surface area contributed by atoms with Crippen LogP contribution in [0.2, 0.25) is 0 Å². The molecule has 8 heteroatoms. The molecule has 0 bridgehead atoms. The monoisotopic (exact) mass is 275 g/mol. The highest BCUT2D eigenvalue weighted by Gasteiger charge is 2.22. The molecular formula is C12H13N5O3. The van der Waals surface area contributed by atoms with Gasteiger partial charge in [0.25, 0.3) is 0 Å². The van der Waals surface area contributed by atoms with E-state index in [0.717, 1.165) is 0 Å². The number of nitrogens with one attached hydrogen (secondary N) is 2. The molecular weight excluding hydrogens is 262 g/mol. The quantitative estimate of drug-likeness (QED) is 0.453. The molecule has 0 amide bonds. The molecule has 2 N–H and O–H groups in total. The molecule has 0 atom stereocenters. The van der Waals surface area contributed by atoms with Crippen molar-refractivity contribution in [1.82, 2.24) is 9.97 Å². The number of hydrogen-bond donors (Lipinski definition) is 2. The van der Waals surface area contributed by atoms with E-state index in [-0.39, 0.29) is 17.3 Å². The Morgan fingerprint density at radius 3 is 2.75 bits per heavy atom. The van der Waals surface area contributed by atoms with E-state index in [9.17, 15) is 10.1 Å². The number of nitro groups is 1. The lowest BCUT2D eigenvalue weighted by atomic mass is 10.4. The van der Waals surface area contributed by atoms with Gasteiger partial charge in [-0.15, -0.1) is 6.58 Å². The molecule has 0 aliphatic carbocycles. The van der Waals surface area contributed by atoms with Crippen LogP contribution >= 0.6 is 0 Å². The van der Waals surface area contributed by atoms with Gasteiger partial charge in [-0.3, -0.25) is 10.1 Å². The summed E-state index contributed by atoms with van der Waals surface area (Å²) < 4.78 is 5.15. The van der Waals surface area contributed by atoms with Crippen LogP contribution in [-0.2, 0) is 6.54 Å². The molecule has 2 heterocycles. The van der Waals surface area contributed by atoms with E-state index in [0.29, 0.717) is 18.8 Å². The van der Waals surface area contributed by atoms with Crippen molar-refractivity contribution in [2.24, 2.45) is 0 Å². The van der Waals surface area contributed by atoms with Crippen LogP contribution in [0.1, 0.15) is 5.76 Å². The molecule has 0 aliphatic rings. The molecule has 8 nitrogen and oxygen atoms in total. The van der Waals surface area contributed by atoms with Gasteiger partial charge in [-0.1, -0.05) is 6.08 Å². The molecule has 2 aromatic rings. The highest BCUT2D eigenvalue weighted by Crippen LogP contribution is 2.28. The largest absolute Gasteiger partial charge is 0.467 e. The van der Waals surface area contributed by atoms with Gasteiger partial charge in [0.1, 0.15) is 12.1 Å². The zero-order valence-electron chi connectivity index (χ0n) is 10.6. The third kappa shape index (κ3) is 3.10. The van der Waals surface area contributed by atoms with Crippen LogP contribution in [0.4, 0.5) is 17.3 Å². The van der Waals surface area contributed by atoms with Gasteiger partial charge in [-0.25, -0.2) is 9.97 Å². The van der Waals surface area contributed by atoms with E-state index in [2.05, 4.69) is 27.2 Å². The normalized spacial score (nSPS) is 10.0. The minimum atomic E-state index is -0.532. The van der Waals surface area contributed by atoms with Crippen molar-refractivity contribution < 1.29 is 9.34 Å². The molecule has 0 spiro atoms. The van der Waals surface area contributed by atoms with Crippen molar-refractivity contribution in [2.45, 2.75) is 6.54 Å². The fourth-order valence-electron chi connectivity index (χ4n) is 1.56. The predicted molar refractivity (Wildman–Crippen MR) is 73.4 cm³/mol. The molecule has 2 rings (SSSR count). The Labute approximate surface area is 114 Å². The summed E-state index contributed by atoms with van der Waals surface area (Å²) in [4.78, 5) is 18.4. The number of rotatable bonds is 7. The highest BCUT2D eigenvalue weighted by molar-refractivity contribution is 5.69. The first-order valence-corrected chi connectivity index (χ1v) is 5.82. The standard InChI is InChI=1S/C12H13N5O3/c1-2-5-13-11-10(17(18)19)12(16-8-15-11)14-7-9-4-3-6-20-9/h2-4,6,8H,1,5,7H2,(H2,13,14,15,16). The van der Waals surface area contributed by atoms with Gasteiger partial charge in [0.15, 0.2) is 0 Å². The van der Waals surface area contributed by atoms with Gasteiger partial charge in [-0.2, -0.15) is 0 Å². The van der Waals surface area contributed by atoms with E-state index in [1.807, 2.05) is 0 Å². The number of hydrogen-bond acceptors (Lipinski definition) is 7. The third-order valence-electron chi connectivity index (χ3n) is 2.43. The highest BCUT2D eigenvalue weighted by atomic mass is 16.6. The first-order valence-electron chi connectivity index (χ1n) is 5.82. The Kier molecular flexibility index (Phi) is 4.28. The maximum absolute atomic E-state index is 11.2. The lowest BCUT2D eigenvalue weighted by molar-refractivity contribution is -0.383. The molecule has 0 fully saturated rings. The maximum Gasteiger partial charge on any atom is 0.353 e. The molecule has 0 saturated heterocycles. The molecule has 20 heavy (non-hydrogen) atoms. The van der Waals surface area contributed by atoms with Crippen molar-refractivity contribution in [3.63, 3.8) is 0 Å². The van der Waals surface area contributed by atoms with Gasteiger partial charge in [0.05, 0.1) is 17.7 Å². The lowest BCUT2D eigenvalue weighted by Gasteiger charge is -2.08. The van der Waals surface area contributed by atoms with Crippen LogP contribution in [0.15, 0.2) is 41.8 Å². The van der Waals surface area contributed by atoms with Crippen molar-refractivity contribution in [3.05, 3.63) is 53.3 Å². The minimum absolute atomic E-state index is 0.132. The number of furan rings is 1. The van der Waals surface area contributed by atoms with Gasteiger partial charge in [0, 0.05) is 6.54 Å². The Morgan fingerprint density at radius 2 is 2.15 bits per heavy atom. The van der Waals surface area contributed by atoms with E-state index in [4.69, 9.17) is 4.42 Å². The van der Waals surface area contributed by atoms with Crippen molar-refractivity contribution in [3.8, 4) is 0 Å². The second kappa shape index (κ2) is 6.32. The first kappa shape index (κ1) is 13.5. The predicted octanol–water partition coefficient (Wildman–Crippen LogP) is 2.19. The molecule has 0 saturated carbocycles. The molecule has 2 aromatic heterocycles. The van der Waals surface area contributed by atoms with E-state index in [1.165, 1.54) is 12.6 Å². The van der Waals surface area contributed by atoms with Gasteiger partial charge >= 0.3 is 5.69 Å². The fraction of sp³-hybridized carbons (Fsp3) is 0.167. The summed E-state index contributed by atoms with van der Waals surface area (Å²) in [5.74, 6) is 0.929. The zero-order chi connectivity index (χ0) is 14.4. The smallest absolute Gasteiger partial charge is 0.353 e. The van der Waals surface area contributed by atoms with Crippen LogP contribution in [0, 0.1) is 10.1 Å². The second-order valence-corrected chi connectivity index (χ2v) is 3.78. The molecule has 0 aliphatic heterocycles. The minimum Gasteiger partial charge on any atom is -0.467 e. The fourth-order valence-corrected chi connectivity index (χ4v) is 1.56. The summed E-state index contributed by atoms with van der Waals surface area (Å²) >= 11 is 0. The Hall–Kier alpha value is -2.90. The molecule has 104 valence electrons. The van der Waals surface area contributed by atoms with Crippen molar-refractivity contribution in [1.29, 1.82) is 0 Å².